The van der Waals surface area contributed by atoms with Gasteiger partial charge >= 0.3 is 5.97 Å². The van der Waals surface area contributed by atoms with Crippen molar-refractivity contribution in [3.63, 3.8) is 0 Å². The van der Waals surface area contributed by atoms with Crippen LogP contribution in [0.1, 0.15) is 0 Å². The molecule has 0 bridgehead atoms. The smallest absolute Gasteiger partial charge is 0.328 e. The zero-order valence-corrected chi connectivity index (χ0v) is 10.6. The number of aliphatic carboxylic acids is 1. The third-order valence-corrected chi connectivity index (χ3v) is 2.59. The van der Waals surface area contributed by atoms with E-state index < -0.39 is 5.97 Å². The van der Waals surface area contributed by atoms with Crippen molar-refractivity contribution in [1.29, 1.82) is 0 Å². The maximum absolute atomic E-state index is 10.2. The fourth-order valence-corrected chi connectivity index (χ4v) is 1.88. The van der Waals surface area contributed by atoms with Gasteiger partial charge < -0.3 is 10.4 Å². The minimum Gasteiger partial charge on any atom is -0.478 e. The summed E-state index contributed by atoms with van der Waals surface area (Å²) in [6.07, 6.45) is 2.62. The number of anilines is 1. The minimum atomic E-state index is -0.953. The average Bonchev–Trinajstić information content (AvgIpc) is 2.14. The monoisotopic (exact) mass is 337 g/mol. The van der Waals surface area contributed by atoms with E-state index in [2.05, 4.69) is 27.9 Å². The summed E-state index contributed by atoms with van der Waals surface area (Å²) < 4.78 is 1.06. The lowest BCUT2D eigenvalue weighted by atomic mass is 10.3. The van der Waals surface area contributed by atoms with Crippen molar-refractivity contribution in [2.24, 2.45) is 0 Å². The van der Waals surface area contributed by atoms with E-state index in [1.807, 2.05) is 18.2 Å². The lowest BCUT2D eigenvalue weighted by Crippen LogP contribution is -2.00. The number of carbonyl (C=O) groups is 1. The standard InChI is InChI=1S/C10H9ClINO2/c11-8-6-7(12)3-4-9(8)13-5-1-2-10(14)15/h1-4,6,13H,5H2,(H,14,15)/b2-1+. The van der Waals surface area contributed by atoms with E-state index in [1.54, 1.807) is 0 Å². The Morgan fingerprint density at radius 3 is 2.93 bits per heavy atom. The Labute approximate surface area is 106 Å². The van der Waals surface area contributed by atoms with Crippen LogP contribution in [0.15, 0.2) is 30.4 Å². The molecule has 0 fully saturated rings. The molecule has 0 saturated carbocycles. The average molecular weight is 338 g/mol. The topological polar surface area (TPSA) is 49.3 Å². The van der Waals surface area contributed by atoms with Crippen LogP contribution in [-0.2, 0) is 4.79 Å². The SMILES string of the molecule is O=C(O)/C=C/CNc1ccc(I)cc1Cl. The van der Waals surface area contributed by atoms with Gasteiger partial charge in [0.25, 0.3) is 0 Å². The van der Waals surface area contributed by atoms with Gasteiger partial charge in [0, 0.05) is 16.2 Å². The summed E-state index contributed by atoms with van der Waals surface area (Å²) >= 11 is 8.14. The number of benzene rings is 1. The van der Waals surface area contributed by atoms with Crippen molar-refractivity contribution < 1.29 is 9.90 Å². The summed E-state index contributed by atoms with van der Waals surface area (Å²) in [5.41, 5.74) is 0.798. The molecule has 0 spiro atoms. The molecular weight excluding hydrogens is 328 g/mol. The quantitative estimate of drug-likeness (QED) is 0.656. The number of hydrogen-bond donors (Lipinski definition) is 2. The summed E-state index contributed by atoms with van der Waals surface area (Å²) in [6, 6.07) is 5.62. The Kier molecular flexibility index (Phi) is 4.90. The van der Waals surface area contributed by atoms with Crippen LogP contribution in [0.2, 0.25) is 5.02 Å². The van der Waals surface area contributed by atoms with E-state index in [1.165, 1.54) is 6.08 Å². The zero-order valence-electron chi connectivity index (χ0n) is 7.71. The van der Waals surface area contributed by atoms with Crippen LogP contribution in [-0.4, -0.2) is 17.6 Å². The van der Waals surface area contributed by atoms with Gasteiger partial charge in [0.05, 0.1) is 10.7 Å². The Morgan fingerprint density at radius 1 is 1.60 bits per heavy atom. The number of carboxylic acid groups (broad SMARTS) is 1. The molecule has 0 aliphatic carbocycles. The van der Waals surface area contributed by atoms with Gasteiger partial charge in [-0.2, -0.15) is 0 Å². The van der Waals surface area contributed by atoms with Gasteiger partial charge in [-0.15, -0.1) is 0 Å². The van der Waals surface area contributed by atoms with Crippen LogP contribution in [0.5, 0.6) is 0 Å². The third-order valence-electron chi connectivity index (χ3n) is 1.60. The molecule has 80 valence electrons. The van der Waals surface area contributed by atoms with Gasteiger partial charge in [0.2, 0.25) is 0 Å². The molecule has 0 aliphatic heterocycles. The van der Waals surface area contributed by atoms with Crippen molar-refractivity contribution in [1.82, 2.24) is 0 Å². The first-order valence-electron chi connectivity index (χ1n) is 4.18. The highest BCUT2D eigenvalue weighted by Gasteiger charge is 1.98. The molecule has 3 nitrogen and oxygen atoms in total. The Morgan fingerprint density at radius 2 is 2.33 bits per heavy atom. The van der Waals surface area contributed by atoms with Crippen molar-refractivity contribution in [3.8, 4) is 0 Å². The molecule has 5 heteroatoms. The first-order valence-corrected chi connectivity index (χ1v) is 5.63. The fraction of sp³-hybridized carbons (Fsp3) is 0.100. The molecule has 0 amide bonds. The van der Waals surface area contributed by atoms with E-state index in [-0.39, 0.29) is 0 Å². The Balaban J connectivity index is 2.54. The molecule has 0 aliphatic rings. The highest BCUT2D eigenvalue weighted by Crippen LogP contribution is 2.23. The molecule has 1 rings (SSSR count). The molecule has 0 aromatic heterocycles. The molecule has 0 heterocycles. The highest BCUT2D eigenvalue weighted by atomic mass is 127. The van der Waals surface area contributed by atoms with E-state index >= 15 is 0 Å². The van der Waals surface area contributed by atoms with Crippen LogP contribution in [0, 0.1) is 3.57 Å². The van der Waals surface area contributed by atoms with Gasteiger partial charge in [-0.05, 0) is 40.8 Å². The second-order valence-corrected chi connectivity index (χ2v) is 4.40. The van der Waals surface area contributed by atoms with E-state index in [4.69, 9.17) is 16.7 Å². The van der Waals surface area contributed by atoms with Gasteiger partial charge in [-0.25, -0.2) is 4.79 Å². The van der Waals surface area contributed by atoms with E-state index in [0.717, 1.165) is 15.3 Å². The van der Waals surface area contributed by atoms with Crippen LogP contribution < -0.4 is 5.32 Å². The lowest BCUT2D eigenvalue weighted by molar-refractivity contribution is -0.131. The Bertz CT molecular complexity index is 393. The number of halogens is 2. The number of nitrogens with one attached hydrogen (secondary N) is 1. The van der Waals surface area contributed by atoms with Crippen LogP contribution in [0.4, 0.5) is 5.69 Å². The van der Waals surface area contributed by atoms with Crippen LogP contribution >= 0.6 is 34.2 Å². The van der Waals surface area contributed by atoms with Crippen LogP contribution in [0.3, 0.4) is 0 Å². The van der Waals surface area contributed by atoms with Gasteiger partial charge in [-0.3, -0.25) is 0 Å². The molecule has 2 N–H and O–H groups in total. The summed E-state index contributed by atoms with van der Waals surface area (Å²) in [4.78, 5) is 10.2. The molecule has 0 saturated heterocycles. The second-order valence-electron chi connectivity index (χ2n) is 2.75. The van der Waals surface area contributed by atoms with Crippen molar-refractivity contribution >= 4 is 45.8 Å². The number of carboxylic acids is 1. The molecule has 0 unspecified atom stereocenters. The van der Waals surface area contributed by atoms with Crippen LogP contribution in [0.25, 0.3) is 0 Å². The maximum Gasteiger partial charge on any atom is 0.328 e. The molecule has 1 aromatic rings. The van der Waals surface area contributed by atoms with Gasteiger partial charge in [0.1, 0.15) is 0 Å². The largest absolute Gasteiger partial charge is 0.478 e. The summed E-state index contributed by atoms with van der Waals surface area (Å²) in [5, 5.41) is 12.0. The van der Waals surface area contributed by atoms with Gasteiger partial charge in [-0.1, -0.05) is 17.7 Å². The first kappa shape index (κ1) is 12.3. The molecule has 0 atom stereocenters. The molecule has 0 radical (unpaired) electrons. The second kappa shape index (κ2) is 5.97. The Hall–Kier alpha value is -0.750. The lowest BCUT2D eigenvalue weighted by Gasteiger charge is -2.05. The maximum atomic E-state index is 10.2. The van der Waals surface area contributed by atoms with Crippen molar-refractivity contribution in [2.75, 3.05) is 11.9 Å². The van der Waals surface area contributed by atoms with Crippen molar-refractivity contribution in [2.45, 2.75) is 0 Å². The fourth-order valence-electron chi connectivity index (χ4n) is 0.961. The highest BCUT2D eigenvalue weighted by molar-refractivity contribution is 14.1. The van der Waals surface area contributed by atoms with E-state index in [0.29, 0.717) is 11.6 Å². The minimum absolute atomic E-state index is 0.437. The first-order chi connectivity index (χ1) is 7.09. The molecular formula is C10H9ClINO2. The number of rotatable bonds is 4. The summed E-state index contributed by atoms with van der Waals surface area (Å²) in [5.74, 6) is -0.953. The summed E-state index contributed by atoms with van der Waals surface area (Å²) in [6.45, 7) is 0.437. The van der Waals surface area contributed by atoms with E-state index in [9.17, 15) is 4.79 Å². The number of hydrogen-bond acceptors (Lipinski definition) is 2. The predicted molar refractivity (Wildman–Crippen MR) is 69.4 cm³/mol. The normalized spacial score (nSPS) is 10.5. The zero-order chi connectivity index (χ0) is 11.3. The summed E-state index contributed by atoms with van der Waals surface area (Å²) in [7, 11) is 0. The predicted octanol–water partition coefficient (Wildman–Crippen LogP) is 3.00. The van der Waals surface area contributed by atoms with Gasteiger partial charge in [0.15, 0.2) is 0 Å². The van der Waals surface area contributed by atoms with Crippen molar-refractivity contribution in [3.05, 3.63) is 38.9 Å². The molecule has 1 aromatic carbocycles. The molecule has 15 heavy (non-hydrogen) atoms. The third kappa shape index (κ3) is 4.53.